The highest BCUT2D eigenvalue weighted by Gasteiger charge is 2.23. The number of anilines is 1. The quantitative estimate of drug-likeness (QED) is 0.634. The topological polar surface area (TPSA) is 45.7 Å². The van der Waals surface area contributed by atoms with Crippen LogP contribution in [0.4, 0.5) is 9.52 Å². The summed E-state index contributed by atoms with van der Waals surface area (Å²) in [7, 11) is 0. The summed E-state index contributed by atoms with van der Waals surface area (Å²) in [5.74, 6) is -0.471. The van der Waals surface area contributed by atoms with E-state index >= 15 is 0 Å². The number of hydrogen-bond acceptors (Lipinski definition) is 5. The lowest BCUT2D eigenvalue weighted by molar-refractivity contribution is 0.0391. The fourth-order valence-corrected chi connectivity index (χ4v) is 4.63. The molecule has 5 nitrogen and oxygen atoms in total. The van der Waals surface area contributed by atoms with Gasteiger partial charge in [-0.3, -0.25) is 14.6 Å². The summed E-state index contributed by atoms with van der Waals surface area (Å²) < 4.78 is 20.3. The Morgan fingerprint density at radius 3 is 2.62 bits per heavy atom. The Balaban J connectivity index is 1.67. The van der Waals surface area contributed by atoms with E-state index < -0.39 is 0 Å². The van der Waals surface area contributed by atoms with E-state index in [-0.39, 0.29) is 11.7 Å². The number of carbonyl (C=O) groups is 1. The van der Waals surface area contributed by atoms with Crippen LogP contribution in [0, 0.1) is 19.7 Å². The number of aryl methyl sites for hydroxylation is 2. The van der Waals surface area contributed by atoms with E-state index in [9.17, 15) is 9.18 Å². The molecular formula is C22H24FN3O2S. The molecule has 0 N–H and O–H groups in total. The van der Waals surface area contributed by atoms with Crippen LogP contribution in [0.25, 0.3) is 10.2 Å². The molecule has 1 amide bonds. The number of hydrogen-bond donors (Lipinski definition) is 0. The molecule has 4 rings (SSSR count). The number of aromatic nitrogens is 1. The number of amides is 1. The van der Waals surface area contributed by atoms with E-state index in [1.54, 1.807) is 11.0 Å². The Kier molecular flexibility index (Phi) is 5.89. The van der Waals surface area contributed by atoms with E-state index in [0.29, 0.717) is 36.0 Å². The molecule has 1 aliphatic rings. The number of nitrogens with zero attached hydrogens (tertiary/aromatic N) is 3. The number of morpholine rings is 1. The molecule has 2 aromatic carbocycles. The maximum absolute atomic E-state index is 14.2. The molecule has 1 aliphatic heterocycles. The van der Waals surface area contributed by atoms with Gasteiger partial charge in [-0.05, 0) is 38.1 Å². The van der Waals surface area contributed by atoms with Gasteiger partial charge in [0.15, 0.2) is 5.13 Å². The van der Waals surface area contributed by atoms with Crippen LogP contribution >= 0.6 is 11.3 Å². The maximum atomic E-state index is 14.2. The molecule has 0 atom stereocenters. The second-order valence-corrected chi connectivity index (χ2v) is 8.38. The summed E-state index contributed by atoms with van der Waals surface area (Å²) in [5.41, 5.74) is 3.02. The van der Waals surface area contributed by atoms with Crippen LogP contribution in [0.3, 0.4) is 0 Å². The van der Waals surface area contributed by atoms with Gasteiger partial charge in [-0.15, -0.1) is 0 Å². The molecule has 0 bridgehead atoms. The van der Waals surface area contributed by atoms with Crippen molar-refractivity contribution in [3.63, 3.8) is 0 Å². The number of rotatable bonds is 5. The third-order valence-corrected chi connectivity index (χ3v) is 6.09. The van der Waals surface area contributed by atoms with Crippen LogP contribution in [0.15, 0.2) is 36.4 Å². The molecule has 0 saturated carbocycles. The molecule has 0 unspecified atom stereocenters. The number of ether oxygens (including phenoxy) is 1. The normalized spacial score (nSPS) is 15.0. The molecule has 7 heteroatoms. The van der Waals surface area contributed by atoms with Crippen LogP contribution < -0.4 is 4.90 Å². The average molecular weight is 414 g/mol. The van der Waals surface area contributed by atoms with Crippen molar-refractivity contribution in [2.24, 2.45) is 0 Å². The predicted octanol–water partition coefficient (Wildman–Crippen LogP) is 4.03. The first-order valence-corrected chi connectivity index (χ1v) is 10.6. The van der Waals surface area contributed by atoms with Crippen LogP contribution in [-0.2, 0) is 4.74 Å². The Morgan fingerprint density at radius 1 is 1.21 bits per heavy atom. The van der Waals surface area contributed by atoms with Gasteiger partial charge in [0.2, 0.25) is 0 Å². The summed E-state index contributed by atoms with van der Waals surface area (Å²) in [6.45, 7) is 8.28. The molecule has 29 heavy (non-hydrogen) atoms. The Hall–Kier alpha value is -2.35. The van der Waals surface area contributed by atoms with E-state index in [1.165, 1.54) is 17.4 Å². The zero-order valence-electron chi connectivity index (χ0n) is 16.7. The highest BCUT2D eigenvalue weighted by Crippen LogP contribution is 2.31. The van der Waals surface area contributed by atoms with E-state index in [1.807, 2.05) is 38.1 Å². The molecular weight excluding hydrogens is 389 g/mol. The molecule has 0 spiro atoms. The van der Waals surface area contributed by atoms with Gasteiger partial charge in [-0.1, -0.05) is 34.6 Å². The maximum Gasteiger partial charge on any atom is 0.260 e. The highest BCUT2D eigenvalue weighted by molar-refractivity contribution is 7.22. The van der Waals surface area contributed by atoms with Gasteiger partial charge >= 0.3 is 0 Å². The van der Waals surface area contributed by atoms with Crippen LogP contribution in [-0.4, -0.2) is 55.2 Å². The van der Waals surface area contributed by atoms with Crippen LogP contribution in [0.2, 0.25) is 0 Å². The lowest BCUT2D eigenvalue weighted by Crippen LogP contribution is -2.43. The number of benzene rings is 2. The van der Waals surface area contributed by atoms with E-state index in [0.717, 1.165) is 35.5 Å². The molecule has 0 radical (unpaired) electrons. The summed E-state index contributed by atoms with van der Waals surface area (Å²) in [4.78, 5) is 21.9. The summed E-state index contributed by atoms with van der Waals surface area (Å²) in [6.07, 6.45) is 0. The van der Waals surface area contributed by atoms with Gasteiger partial charge in [0.25, 0.3) is 5.91 Å². The second-order valence-electron chi connectivity index (χ2n) is 7.37. The van der Waals surface area contributed by atoms with Crippen molar-refractivity contribution in [3.05, 3.63) is 58.9 Å². The van der Waals surface area contributed by atoms with E-state index in [2.05, 4.69) is 9.88 Å². The molecule has 1 fully saturated rings. The minimum atomic E-state index is -0.364. The Morgan fingerprint density at radius 2 is 1.93 bits per heavy atom. The Bertz CT molecular complexity index is 1010. The predicted molar refractivity (Wildman–Crippen MR) is 114 cm³/mol. The zero-order chi connectivity index (χ0) is 20.4. The first-order valence-electron chi connectivity index (χ1n) is 9.76. The SMILES string of the molecule is Cc1cc(C)cc(C(=O)N(CCN2CCOCC2)c2nc3c(F)cccc3s2)c1. The minimum Gasteiger partial charge on any atom is -0.379 e. The molecule has 2 heterocycles. The number of halogens is 1. The van der Waals surface area contributed by atoms with Crippen molar-refractivity contribution in [2.75, 3.05) is 44.3 Å². The van der Waals surface area contributed by atoms with Crippen molar-refractivity contribution >= 4 is 32.6 Å². The van der Waals surface area contributed by atoms with Crippen molar-refractivity contribution in [2.45, 2.75) is 13.8 Å². The summed E-state index contributed by atoms with van der Waals surface area (Å²) in [6, 6.07) is 10.7. The number of carbonyl (C=O) groups excluding carboxylic acids is 1. The van der Waals surface area contributed by atoms with Gasteiger partial charge in [-0.25, -0.2) is 9.37 Å². The van der Waals surface area contributed by atoms with Gasteiger partial charge in [0.1, 0.15) is 11.3 Å². The molecule has 152 valence electrons. The van der Waals surface area contributed by atoms with Gasteiger partial charge in [0.05, 0.1) is 17.9 Å². The zero-order valence-corrected chi connectivity index (χ0v) is 17.5. The average Bonchev–Trinajstić information content (AvgIpc) is 3.13. The molecule has 1 aromatic heterocycles. The summed E-state index contributed by atoms with van der Waals surface area (Å²) in [5, 5.41) is 0.530. The third-order valence-electron chi connectivity index (χ3n) is 5.05. The third kappa shape index (κ3) is 4.47. The lowest BCUT2D eigenvalue weighted by Gasteiger charge is -2.29. The molecule has 3 aromatic rings. The molecule has 1 saturated heterocycles. The van der Waals surface area contributed by atoms with Crippen molar-refractivity contribution in [3.8, 4) is 0 Å². The van der Waals surface area contributed by atoms with Crippen molar-refractivity contribution in [1.29, 1.82) is 0 Å². The monoisotopic (exact) mass is 413 g/mol. The molecule has 0 aliphatic carbocycles. The fourth-order valence-electron chi connectivity index (χ4n) is 3.62. The fraction of sp³-hybridized carbons (Fsp3) is 0.364. The minimum absolute atomic E-state index is 0.107. The first-order chi connectivity index (χ1) is 14.0. The van der Waals surface area contributed by atoms with Gasteiger partial charge in [0, 0.05) is 31.7 Å². The Labute approximate surface area is 173 Å². The lowest BCUT2D eigenvalue weighted by atomic mass is 10.1. The highest BCUT2D eigenvalue weighted by atomic mass is 32.1. The van der Waals surface area contributed by atoms with E-state index in [4.69, 9.17) is 4.74 Å². The first kappa shape index (κ1) is 19.9. The number of fused-ring (bicyclic) bond motifs is 1. The van der Waals surface area contributed by atoms with Crippen molar-refractivity contribution in [1.82, 2.24) is 9.88 Å². The summed E-state index contributed by atoms with van der Waals surface area (Å²) >= 11 is 1.35. The van der Waals surface area contributed by atoms with Gasteiger partial charge in [-0.2, -0.15) is 0 Å². The number of thiazole rings is 1. The smallest absolute Gasteiger partial charge is 0.260 e. The van der Waals surface area contributed by atoms with Crippen LogP contribution in [0.5, 0.6) is 0 Å². The second kappa shape index (κ2) is 8.57. The van der Waals surface area contributed by atoms with Gasteiger partial charge < -0.3 is 4.74 Å². The largest absolute Gasteiger partial charge is 0.379 e. The standard InChI is InChI=1S/C22H24FN3O2S/c1-15-12-16(2)14-17(13-15)21(27)26(7-6-25-8-10-28-11-9-25)22-24-20-18(23)4-3-5-19(20)29-22/h3-5,12-14H,6-11H2,1-2H3. The van der Waals surface area contributed by atoms with Crippen molar-refractivity contribution < 1.29 is 13.9 Å². The van der Waals surface area contributed by atoms with Crippen LogP contribution in [0.1, 0.15) is 21.5 Å². The number of para-hydroxylation sites is 1.